The molecule has 6 nitrogen and oxygen atoms in total. The van der Waals surface area contributed by atoms with Gasteiger partial charge < -0.3 is 10.6 Å². The average Bonchev–Trinajstić information content (AvgIpc) is 3.29. The summed E-state index contributed by atoms with van der Waals surface area (Å²) >= 11 is 5.75. The predicted molar refractivity (Wildman–Crippen MR) is 81.4 cm³/mol. The van der Waals surface area contributed by atoms with Crippen LogP contribution in [0.5, 0.6) is 0 Å². The fourth-order valence-electron chi connectivity index (χ4n) is 2.72. The molecule has 1 saturated heterocycles. The Labute approximate surface area is 137 Å². The Bertz CT molecular complexity index is 707. The van der Waals surface area contributed by atoms with E-state index in [9.17, 15) is 18.8 Å². The van der Waals surface area contributed by atoms with Gasteiger partial charge in [0.1, 0.15) is 17.9 Å². The normalized spacial score (nSPS) is 23.9. The number of imide groups is 1. The third-order valence-electron chi connectivity index (χ3n) is 4.20. The molecule has 1 aliphatic heterocycles. The van der Waals surface area contributed by atoms with Crippen LogP contribution in [0.3, 0.4) is 0 Å². The van der Waals surface area contributed by atoms with Crippen molar-refractivity contribution in [2.24, 2.45) is 5.92 Å². The molecule has 8 heteroatoms. The van der Waals surface area contributed by atoms with Crippen molar-refractivity contribution in [2.75, 3.05) is 11.9 Å². The third kappa shape index (κ3) is 2.88. The van der Waals surface area contributed by atoms with Crippen molar-refractivity contribution in [3.8, 4) is 0 Å². The second-order valence-electron chi connectivity index (χ2n) is 5.97. The highest BCUT2D eigenvalue weighted by molar-refractivity contribution is 6.30. The van der Waals surface area contributed by atoms with Gasteiger partial charge in [0.15, 0.2) is 0 Å². The maximum atomic E-state index is 13.6. The Morgan fingerprint density at radius 3 is 2.83 bits per heavy atom. The summed E-state index contributed by atoms with van der Waals surface area (Å²) in [5.41, 5.74) is -1.04. The molecule has 1 aliphatic carbocycles. The highest BCUT2D eigenvalue weighted by Crippen LogP contribution is 2.42. The van der Waals surface area contributed by atoms with E-state index in [1.807, 2.05) is 0 Å². The van der Waals surface area contributed by atoms with E-state index >= 15 is 0 Å². The molecule has 122 valence electrons. The number of carbonyl (C=O) groups excluding carboxylic acids is 3. The van der Waals surface area contributed by atoms with Crippen LogP contribution >= 0.6 is 11.6 Å². The summed E-state index contributed by atoms with van der Waals surface area (Å²) in [6.07, 6.45) is 1.74. The molecule has 0 aromatic heterocycles. The summed E-state index contributed by atoms with van der Waals surface area (Å²) in [5, 5.41) is 5.23. The third-order valence-corrected chi connectivity index (χ3v) is 4.43. The molecule has 1 aromatic rings. The minimum atomic E-state index is -0.946. The van der Waals surface area contributed by atoms with Crippen LogP contribution in [0.2, 0.25) is 5.02 Å². The lowest BCUT2D eigenvalue weighted by molar-refractivity contribution is -0.134. The van der Waals surface area contributed by atoms with Gasteiger partial charge in [0.25, 0.3) is 5.91 Å². The van der Waals surface area contributed by atoms with Gasteiger partial charge in [0, 0.05) is 5.02 Å². The number of hydrogen-bond acceptors (Lipinski definition) is 3. The van der Waals surface area contributed by atoms with Gasteiger partial charge in [-0.05, 0) is 43.9 Å². The maximum absolute atomic E-state index is 13.6. The van der Waals surface area contributed by atoms with Crippen molar-refractivity contribution in [3.05, 3.63) is 29.0 Å². The van der Waals surface area contributed by atoms with Crippen LogP contribution in [0, 0.1) is 11.7 Å². The van der Waals surface area contributed by atoms with Gasteiger partial charge in [-0.25, -0.2) is 9.18 Å². The quantitative estimate of drug-likeness (QED) is 0.825. The number of benzene rings is 1. The Kier molecular flexibility index (Phi) is 3.75. The van der Waals surface area contributed by atoms with Gasteiger partial charge in [-0.2, -0.15) is 0 Å². The van der Waals surface area contributed by atoms with Gasteiger partial charge in [-0.3, -0.25) is 14.5 Å². The van der Waals surface area contributed by atoms with E-state index in [0.29, 0.717) is 0 Å². The monoisotopic (exact) mass is 339 g/mol. The van der Waals surface area contributed by atoms with E-state index in [0.717, 1.165) is 23.8 Å². The lowest BCUT2D eigenvalue weighted by atomic mass is 9.96. The zero-order valence-corrected chi connectivity index (χ0v) is 13.1. The van der Waals surface area contributed by atoms with E-state index in [4.69, 9.17) is 11.6 Å². The van der Waals surface area contributed by atoms with Crippen LogP contribution < -0.4 is 10.6 Å². The standard InChI is InChI=1S/C15H15ClFN3O3/c1-15(8-2-3-8)13(22)20(14(23)19-15)7-12(21)18-11-6-9(16)4-5-10(11)17/h4-6,8H,2-3,7H2,1H3,(H,18,21)(H,19,23). The topological polar surface area (TPSA) is 78.5 Å². The first-order valence-corrected chi connectivity index (χ1v) is 7.58. The molecular weight excluding hydrogens is 325 g/mol. The molecule has 1 aromatic carbocycles. The van der Waals surface area contributed by atoms with Gasteiger partial charge in [0.05, 0.1) is 5.69 Å². The fraction of sp³-hybridized carbons (Fsp3) is 0.400. The SMILES string of the molecule is CC1(C2CC2)NC(=O)N(CC(=O)Nc2cc(Cl)ccc2F)C1=O. The molecular formula is C15H15ClFN3O3. The number of carbonyl (C=O) groups is 3. The summed E-state index contributed by atoms with van der Waals surface area (Å²) in [6.45, 7) is 1.19. The lowest BCUT2D eigenvalue weighted by Gasteiger charge is -2.20. The molecule has 0 spiro atoms. The zero-order valence-electron chi connectivity index (χ0n) is 12.4. The smallest absolute Gasteiger partial charge is 0.323 e. The van der Waals surface area contributed by atoms with E-state index in [1.54, 1.807) is 6.92 Å². The van der Waals surface area contributed by atoms with Crippen LogP contribution in [0.1, 0.15) is 19.8 Å². The fourth-order valence-corrected chi connectivity index (χ4v) is 2.90. The number of hydrogen-bond donors (Lipinski definition) is 2. The minimum absolute atomic E-state index is 0.0977. The lowest BCUT2D eigenvalue weighted by Crippen LogP contribution is -2.46. The second kappa shape index (κ2) is 5.49. The van der Waals surface area contributed by atoms with Crippen molar-refractivity contribution < 1.29 is 18.8 Å². The summed E-state index contributed by atoms with van der Waals surface area (Å²) < 4.78 is 13.6. The Hall–Kier alpha value is -2.15. The van der Waals surface area contributed by atoms with Crippen LogP contribution in [0.4, 0.5) is 14.9 Å². The van der Waals surface area contributed by atoms with E-state index in [1.165, 1.54) is 12.1 Å². The Morgan fingerprint density at radius 2 is 2.17 bits per heavy atom. The molecule has 1 saturated carbocycles. The molecule has 23 heavy (non-hydrogen) atoms. The molecule has 2 fully saturated rings. The number of anilines is 1. The second-order valence-corrected chi connectivity index (χ2v) is 6.41. The molecule has 1 atom stereocenters. The van der Waals surface area contributed by atoms with Gasteiger partial charge in [-0.1, -0.05) is 11.6 Å². The largest absolute Gasteiger partial charge is 0.325 e. The molecule has 3 rings (SSSR count). The first kappa shape index (κ1) is 15.7. The highest BCUT2D eigenvalue weighted by Gasteiger charge is 2.56. The van der Waals surface area contributed by atoms with Crippen molar-refractivity contribution in [2.45, 2.75) is 25.3 Å². The molecule has 4 amide bonds. The number of amides is 4. The molecule has 0 radical (unpaired) electrons. The van der Waals surface area contributed by atoms with Crippen LogP contribution in [-0.4, -0.2) is 34.8 Å². The molecule has 2 N–H and O–H groups in total. The van der Waals surface area contributed by atoms with Gasteiger partial charge >= 0.3 is 6.03 Å². The first-order chi connectivity index (χ1) is 10.8. The van der Waals surface area contributed by atoms with Gasteiger partial charge in [0.2, 0.25) is 5.91 Å². The number of rotatable bonds is 4. The van der Waals surface area contributed by atoms with Crippen LogP contribution in [-0.2, 0) is 9.59 Å². The predicted octanol–water partition coefficient (Wildman–Crippen LogP) is 2.14. The number of nitrogens with one attached hydrogen (secondary N) is 2. The van der Waals surface area contributed by atoms with Gasteiger partial charge in [-0.15, -0.1) is 0 Å². The Morgan fingerprint density at radius 1 is 1.48 bits per heavy atom. The van der Waals surface area contributed by atoms with Crippen molar-refractivity contribution >= 4 is 35.1 Å². The highest BCUT2D eigenvalue weighted by atomic mass is 35.5. The number of nitrogens with zero attached hydrogens (tertiary/aromatic N) is 1. The van der Waals surface area contributed by atoms with Crippen LogP contribution in [0.25, 0.3) is 0 Å². The first-order valence-electron chi connectivity index (χ1n) is 7.20. The zero-order chi connectivity index (χ0) is 16.8. The average molecular weight is 340 g/mol. The summed E-state index contributed by atoms with van der Waals surface area (Å²) in [5.74, 6) is -1.64. The van der Waals surface area contributed by atoms with E-state index in [2.05, 4.69) is 10.6 Å². The number of urea groups is 1. The summed E-state index contributed by atoms with van der Waals surface area (Å²) in [7, 11) is 0. The van der Waals surface area contributed by atoms with Crippen molar-refractivity contribution in [3.63, 3.8) is 0 Å². The molecule has 2 aliphatic rings. The molecule has 0 bridgehead atoms. The summed E-state index contributed by atoms with van der Waals surface area (Å²) in [6, 6.07) is 3.13. The number of halogens is 2. The summed E-state index contributed by atoms with van der Waals surface area (Å²) in [4.78, 5) is 37.2. The van der Waals surface area contributed by atoms with E-state index in [-0.39, 0.29) is 16.6 Å². The minimum Gasteiger partial charge on any atom is -0.323 e. The molecule has 1 heterocycles. The molecule has 1 unspecified atom stereocenters. The van der Waals surface area contributed by atoms with Crippen LogP contribution in [0.15, 0.2) is 18.2 Å². The van der Waals surface area contributed by atoms with E-state index < -0.39 is 35.7 Å². The van der Waals surface area contributed by atoms with Crippen molar-refractivity contribution in [1.82, 2.24) is 10.2 Å². The Balaban J connectivity index is 1.69. The maximum Gasteiger partial charge on any atom is 0.325 e. The van der Waals surface area contributed by atoms with Crippen molar-refractivity contribution in [1.29, 1.82) is 0 Å².